The Morgan fingerprint density at radius 3 is 2.42 bits per heavy atom. The fourth-order valence-electron chi connectivity index (χ4n) is 1.40. The van der Waals surface area contributed by atoms with Crippen molar-refractivity contribution in [3.8, 4) is 0 Å². The van der Waals surface area contributed by atoms with Gasteiger partial charge in [-0.1, -0.05) is 32.9 Å². The van der Waals surface area contributed by atoms with Crippen LogP contribution in [0, 0.1) is 11.3 Å². The third kappa shape index (κ3) is 2.84. The standard InChI is InChI=1S/C10H19NO/c1-8(2)7-12-11-9-5-10(3,4)6-9/h8H,5-7H2,1-4H3. The second-order valence-electron chi connectivity index (χ2n) is 4.86. The molecule has 0 aromatic carbocycles. The largest absolute Gasteiger partial charge is 0.396 e. The predicted octanol–water partition coefficient (Wildman–Crippen LogP) is 2.84. The first kappa shape index (κ1) is 9.56. The Hall–Kier alpha value is -0.530. The molecular weight excluding hydrogens is 150 g/mol. The van der Waals surface area contributed by atoms with Gasteiger partial charge in [-0.05, 0) is 24.2 Å². The molecule has 0 bridgehead atoms. The maximum absolute atomic E-state index is 5.18. The SMILES string of the molecule is CC(C)CON=C1CC(C)(C)C1. The Bertz CT molecular complexity index is 172. The molecule has 0 atom stereocenters. The van der Waals surface area contributed by atoms with Gasteiger partial charge in [-0.2, -0.15) is 0 Å². The molecule has 0 saturated heterocycles. The summed E-state index contributed by atoms with van der Waals surface area (Å²) in [5.74, 6) is 0.572. The van der Waals surface area contributed by atoms with Gasteiger partial charge in [0.05, 0.1) is 5.71 Å². The lowest BCUT2D eigenvalue weighted by Crippen LogP contribution is -2.31. The van der Waals surface area contributed by atoms with Crippen LogP contribution in [0.1, 0.15) is 40.5 Å². The second kappa shape index (κ2) is 3.46. The zero-order chi connectivity index (χ0) is 9.19. The Balaban J connectivity index is 2.15. The van der Waals surface area contributed by atoms with Crippen molar-refractivity contribution in [3.63, 3.8) is 0 Å². The van der Waals surface area contributed by atoms with E-state index in [-0.39, 0.29) is 0 Å². The average molecular weight is 169 g/mol. The molecule has 1 aliphatic rings. The van der Waals surface area contributed by atoms with Gasteiger partial charge in [0.15, 0.2) is 0 Å². The third-order valence-electron chi connectivity index (χ3n) is 1.97. The highest BCUT2D eigenvalue weighted by molar-refractivity contribution is 5.90. The van der Waals surface area contributed by atoms with Gasteiger partial charge >= 0.3 is 0 Å². The molecule has 0 spiro atoms. The lowest BCUT2D eigenvalue weighted by Gasteiger charge is -2.35. The highest BCUT2D eigenvalue weighted by atomic mass is 16.6. The summed E-state index contributed by atoms with van der Waals surface area (Å²) in [6.45, 7) is 9.52. The van der Waals surface area contributed by atoms with Crippen LogP contribution in [0.25, 0.3) is 0 Å². The summed E-state index contributed by atoms with van der Waals surface area (Å²) in [6, 6.07) is 0. The van der Waals surface area contributed by atoms with Crippen LogP contribution in [-0.2, 0) is 4.84 Å². The summed E-state index contributed by atoms with van der Waals surface area (Å²) in [6.07, 6.45) is 2.20. The maximum Gasteiger partial charge on any atom is 0.119 e. The lowest BCUT2D eigenvalue weighted by atomic mass is 9.71. The predicted molar refractivity (Wildman–Crippen MR) is 51.2 cm³/mol. The minimum Gasteiger partial charge on any atom is -0.396 e. The van der Waals surface area contributed by atoms with Crippen molar-refractivity contribution in [2.24, 2.45) is 16.5 Å². The fourth-order valence-corrected chi connectivity index (χ4v) is 1.40. The van der Waals surface area contributed by atoms with Crippen molar-refractivity contribution in [2.75, 3.05) is 6.61 Å². The number of oxime groups is 1. The van der Waals surface area contributed by atoms with Gasteiger partial charge in [-0.3, -0.25) is 0 Å². The third-order valence-corrected chi connectivity index (χ3v) is 1.97. The summed E-state index contributed by atoms with van der Waals surface area (Å²) in [5.41, 5.74) is 1.70. The second-order valence-corrected chi connectivity index (χ2v) is 4.86. The highest BCUT2D eigenvalue weighted by Crippen LogP contribution is 2.37. The van der Waals surface area contributed by atoms with Crippen molar-refractivity contribution >= 4 is 5.71 Å². The van der Waals surface area contributed by atoms with Crippen molar-refractivity contribution in [1.82, 2.24) is 0 Å². The molecule has 1 saturated carbocycles. The van der Waals surface area contributed by atoms with Crippen molar-refractivity contribution in [1.29, 1.82) is 0 Å². The normalized spacial score (nSPS) is 20.6. The lowest BCUT2D eigenvalue weighted by molar-refractivity contribution is 0.112. The van der Waals surface area contributed by atoms with Crippen LogP contribution >= 0.6 is 0 Å². The summed E-state index contributed by atoms with van der Waals surface area (Å²) < 4.78 is 0. The summed E-state index contributed by atoms with van der Waals surface area (Å²) in [7, 11) is 0. The molecule has 2 heteroatoms. The highest BCUT2D eigenvalue weighted by Gasteiger charge is 2.32. The van der Waals surface area contributed by atoms with Gasteiger partial charge in [0.2, 0.25) is 0 Å². The van der Waals surface area contributed by atoms with Crippen LogP contribution in [0.5, 0.6) is 0 Å². The van der Waals surface area contributed by atoms with Gasteiger partial charge in [-0.25, -0.2) is 0 Å². The molecule has 2 nitrogen and oxygen atoms in total. The van der Waals surface area contributed by atoms with Crippen LogP contribution in [0.4, 0.5) is 0 Å². The van der Waals surface area contributed by atoms with Crippen LogP contribution in [0.2, 0.25) is 0 Å². The molecule has 70 valence electrons. The molecule has 1 fully saturated rings. The molecule has 12 heavy (non-hydrogen) atoms. The van der Waals surface area contributed by atoms with E-state index in [4.69, 9.17) is 4.84 Å². The molecular formula is C10H19NO. The van der Waals surface area contributed by atoms with Gasteiger partial charge in [0.1, 0.15) is 6.61 Å². The molecule has 1 aliphatic carbocycles. The Morgan fingerprint density at radius 2 is 2.00 bits per heavy atom. The van der Waals surface area contributed by atoms with Gasteiger partial charge < -0.3 is 4.84 Å². The molecule has 1 rings (SSSR count). The molecule has 0 heterocycles. The molecule has 0 amide bonds. The molecule has 0 unspecified atom stereocenters. The van der Waals surface area contributed by atoms with E-state index in [2.05, 4.69) is 32.9 Å². The number of hydrogen-bond acceptors (Lipinski definition) is 2. The zero-order valence-electron chi connectivity index (χ0n) is 8.55. The number of rotatable bonds is 3. The molecule has 0 aliphatic heterocycles. The first-order valence-electron chi connectivity index (χ1n) is 4.67. The van der Waals surface area contributed by atoms with E-state index in [0.717, 1.165) is 19.4 Å². The Morgan fingerprint density at radius 1 is 1.42 bits per heavy atom. The smallest absolute Gasteiger partial charge is 0.119 e. The number of hydrogen-bond donors (Lipinski definition) is 0. The Labute approximate surface area is 75.0 Å². The zero-order valence-corrected chi connectivity index (χ0v) is 8.55. The van der Waals surface area contributed by atoms with Gasteiger partial charge in [0, 0.05) is 0 Å². The van der Waals surface area contributed by atoms with E-state index in [0.29, 0.717) is 11.3 Å². The summed E-state index contributed by atoms with van der Waals surface area (Å²) in [5, 5.41) is 4.08. The van der Waals surface area contributed by atoms with E-state index in [1.54, 1.807) is 0 Å². The summed E-state index contributed by atoms with van der Waals surface area (Å²) >= 11 is 0. The van der Waals surface area contributed by atoms with E-state index >= 15 is 0 Å². The molecule has 0 aromatic heterocycles. The van der Waals surface area contributed by atoms with E-state index in [1.807, 2.05) is 0 Å². The quantitative estimate of drug-likeness (QED) is 0.595. The van der Waals surface area contributed by atoms with Gasteiger partial charge in [0.25, 0.3) is 0 Å². The minimum absolute atomic E-state index is 0.472. The fraction of sp³-hybridized carbons (Fsp3) is 0.900. The summed E-state index contributed by atoms with van der Waals surface area (Å²) in [4.78, 5) is 5.18. The minimum atomic E-state index is 0.472. The first-order chi connectivity index (χ1) is 5.49. The van der Waals surface area contributed by atoms with Crippen LogP contribution in [0.3, 0.4) is 0 Å². The van der Waals surface area contributed by atoms with E-state index in [1.165, 1.54) is 5.71 Å². The van der Waals surface area contributed by atoms with Crippen molar-refractivity contribution < 1.29 is 4.84 Å². The molecule has 0 radical (unpaired) electrons. The van der Waals surface area contributed by atoms with Crippen LogP contribution in [-0.4, -0.2) is 12.3 Å². The van der Waals surface area contributed by atoms with Crippen molar-refractivity contribution in [2.45, 2.75) is 40.5 Å². The Kier molecular flexibility index (Phi) is 2.76. The van der Waals surface area contributed by atoms with E-state index in [9.17, 15) is 0 Å². The number of nitrogens with zero attached hydrogens (tertiary/aromatic N) is 1. The molecule has 0 N–H and O–H groups in total. The maximum atomic E-state index is 5.18. The first-order valence-corrected chi connectivity index (χ1v) is 4.67. The van der Waals surface area contributed by atoms with E-state index < -0.39 is 0 Å². The monoisotopic (exact) mass is 169 g/mol. The molecule has 0 aromatic rings. The average Bonchev–Trinajstić information content (AvgIpc) is 1.82. The van der Waals surface area contributed by atoms with Gasteiger partial charge in [-0.15, -0.1) is 0 Å². The van der Waals surface area contributed by atoms with Crippen LogP contribution in [0.15, 0.2) is 5.16 Å². The van der Waals surface area contributed by atoms with Crippen LogP contribution < -0.4 is 0 Å². The topological polar surface area (TPSA) is 21.6 Å². The van der Waals surface area contributed by atoms with Crippen molar-refractivity contribution in [3.05, 3.63) is 0 Å².